The van der Waals surface area contributed by atoms with E-state index in [0.29, 0.717) is 18.9 Å². The Balaban J connectivity index is 1.89. The molecule has 1 saturated carbocycles. The number of carbonyl (C=O) groups excluding carboxylic acids is 2. The van der Waals surface area contributed by atoms with Gasteiger partial charge in [0.2, 0.25) is 0 Å². The first-order chi connectivity index (χ1) is 13.8. The summed E-state index contributed by atoms with van der Waals surface area (Å²) in [5.41, 5.74) is -0.414. The van der Waals surface area contributed by atoms with Crippen molar-refractivity contribution in [1.82, 2.24) is 10.2 Å². The Hall–Kier alpha value is -1.28. The lowest BCUT2D eigenvalue weighted by Gasteiger charge is -2.33. The molecule has 1 saturated heterocycles. The van der Waals surface area contributed by atoms with Crippen LogP contribution >= 0.6 is 0 Å². The molecule has 2 atom stereocenters. The van der Waals surface area contributed by atoms with E-state index in [0.717, 1.165) is 31.9 Å². The standard InChI is InChI=1S/C22H42N2O5Si/c1-21(2,3)29-19(25)23-18(24(4)20(26)27-14-15-30(5,6)7)9-8-17-10-11-22(12-13-22)28-16-17/h17-18H,8-16H2,1-7H3,(H,23,25)/t17-,18+/m1/s1. The topological polar surface area (TPSA) is 77.1 Å². The molecule has 0 aromatic carbocycles. The highest BCUT2D eigenvalue weighted by atomic mass is 28.3. The fourth-order valence-corrected chi connectivity index (χ4v) is 4.27. The quantitative estimate of drug-likeness (QED) is 0.423. The third-order valence-corrected chi connectivity index (χ3v) is 7.51. The summed E-state index contributed by atoms with van der Waals surface area (Å²) in [5.74, 6) is 0.454. The molecule has 0 unspecified atom stereocenters. The molecule has 2 fully saturated rings. The molecular formula is C22H42N2O5Si. The maximum atomic E-state index is 12.6. The third kappa shape index (κ3) is 8.84. The minimum atomic E-state index is -1.28. The average molecular weight is 443 g/mol. The third-order valence-electron chi connectivity index (χ3n) is 5.81. The number of hydrogen-bond donors (Lipinski definition) is 1. The van der Waals surface area contributed by atoms with Crippen LogP contribution in [-0.4, -0.2) is 62.8 Å². The molecule has 0 bridgehead atoms. The minimum absolute atomic E-state index is 0.182. The van der Waals surface area contributed by atoms with Gasteiger partial charge in [-0.05, 0) is 71.3 Å². The van der Waals surface area contributed by atoms with Crippen molar-refractivity contribution < 1.29 is 23.8 Å². The van der Waals surface area contributed by atoms with Gasteiger partial charge in [-0.25, -0.2) is 9.59 Å². The molecular weight excluding hydrogens is 400 g/mol. The molecule has 0 radical (unpaired) electrons. The molecule has 2 rings (SSSR count). The van der Waals surface area contributed by atoms with Crippen LogP contribution < -0.4 is 5.32 Å². The van der Waals surface area contributed by atoms with Crippen LogP contribution in [0.1, 0.15) is 59.3 Å². The van der Waals surface area contributed by atoms with Crippen molar-refractivity contribution in [3.63, 3.8) is 0 Å². The van der Waals surface area contributed by atoms with E-state index in [1.54, 1.807) is 7.05 Å². The summed E-state index contributed by atoms with van der Waals surface area (Å²) in [6.45, 7) is 13.4. The van der Waals surface area contributed by atoms with E-state index in [2.05, 4.69) is 25.0 Å². The second-order valence-corrected chi connectivity index (χ2v) is 16.8. The number of ether oxygens (including phenoxy) is 3. The molecule has 1 spiro atoms. The van der Waals surface area contributed by atoms with Gasteiger partial charge < -0.3 is 19.5 Å². The number of carbonyl (C=O) groups is 2. The lowest BCUT2D eigenvalue weighted by atomic mass is 9.92. The molecule has 30 heavy (non-hydrogen) atoms. The Morgan fingerprint density at radius 3 is 2.40 bits per heavy atom. The predicted octanol–water partition coefficient (Wildman–Crippen LogP) is 4.98. The van der Waals surface area contributed by atoms with Crippen LogP contribution in [0, 0.1) is 5.92 Å². The van der Waals surface area contributed by atoms with Crippen molar-refractivity contribution >= 4 is 20.3 Å². The Bertz CT molecular complexity index is 585. The van der Waals surface area contributed by atoms with E-state index in [-0.39, 0.29) is 5.60 Å². The van der Waals surface area contributed by atoms with Crippen LogP contribution in [0.15, 0.2) is 0 Å². The van der Waals surface area contributed by atoms with Crippen molar-refractivity contribution in [2.75, 3.05) is 20.3 Å². The summed E-state index contributed by atoms with van der Waals surface area (Å²) in [6.07, 6.45) is 4.75. The number of alkyl carbamates (subject to hydrolysis) is 1. The van der Waals surface area contributed by atoms with Crippen LogP contribution in [0.25, 0.3) is 0 Å². The zero-order valence-electron chi connectivity index (χ0n) is 20.0. The summed E-state index contributed by atoms with van der Waals surface area (Å²) in [4.78, 5) is 26.4. The average Bonchev–Trinajstić information content (AvgIpc) is 3.35. The Morgan fingerprint density at radius 2 is 1.90 bits per heavy atom. The lowest BCUT2D eigenvalue weighted by Crippen LogP contribution is -2.50. The first kappa shape index (κ1) is 25.0. The van der Waals surface area contributed by atoms with Crippen LogP contribution in [-0.2, 0) is 14.2 Å². The lowest BCUT2D eigenvalue weighted by molar-refractivity contribution is -0.0379. The van der Waals surface area contributed by atoms with Crippen molar-refractivity contribution in [2.45, 2.75) is 102 Å². The van der Waals surface area contributed by atoms with Gasteiger partial charge in [0.05, 0.1) is 18.8 Å². The van der Waals surface area contributed by atoms with E-state index in [9.17, 15) is 9.59 Å². The summed E-state index contributed by atoms with van der Waals surface area (Å²) >= 11 is 0. The molecule has 1 aliphatic carbocycles. The largest absolute Gasteiger partial charge is 0.450 e. The molecule has 1 N–H and O–H groups in total. The highest BCUT2D eigenvalue weighted by Gasteiger charge is 2.46. The van der Waals surface area contributed by atoms with Crippen molar-refractivity contribution in [2.24, 2.45) is 5.92 Å². The number of amides is 2. The Morgan fingerprint density at radius 1 is 1.23 bits per heavy atom. The van der Waals surface area contributed by atoms with E-state index in [1.807, 2.05) is 20.8 Å². The van der Waals surface area contributed by atoms with Gasteiger partial charge in [0.1, 0.15) is 11.8 Å². The zero-order chi connectivity index (χ0) is 22.6. The highest BCUT2D eigenvalue weighted by molar-refractivity contribution is 6.76. The number of rotatable bonds is 8. The molecule has 0 aromatic heterocycles. The van der Waals surface area contributed by atoms with Gasteiger partial charge in [-0.15, -0.1) is 0 Å². The van der Waals surface area contributed by atoms with Gasteiger partial charge in [-0.1, -0.05) is 19.6 Å². The van der Waals surface area contributed by atoms with Crippen LogP contribution in [0.5, 0.6) is 0 Å². The van der Waals surface area contributed by atoms with Crippen LogP contribution in [0.3, 0.4) is 0 Å². The molecule has 1 heterocycles. The normalized spacial score (nSPS) is 21.6. The van der Waals surface area contributed by atoms with Crippen molar-refractivity contribution in [3.05, 3.63) is 0 Å². The second kappa shape index (κ2) is 9.89. The zero-order valence-corrected chi connectivity index (χ0v) is 21.0. The SMILES string of the molecule is CN(C(=O)OCC[Si](C)(C)C)[C@@H](CC[C@@H]1CCC2(CC2)OC1)NC(=O)OC(C)(C)C. The first-order valence-corrected chi connectivity index (χ1v) is 15.0. The minimum Gasteiger partial charge on any atom is -0.450 e. The molecule has 1 aliphatic heterocycles. The van der Waals surface area contributed by atoms with Crippen molar-refractivity contribution in [3.8, 4) is 0 Å². The molecule has 0 aromatic rings. The monoisotopic (exact) mass is 442 g/mol. The summed E-state index contributed by atoms with van der Waals surface area (Å²) < 4.78 is 16.9. The van der Waals surface area contributed by atoms with Gasteiger partial charge in [0.15, 0.2) is 0 Å². The number of nitrogens with one attached hydrogen (secondary N) is 1. The fraction of sp³-hybridized carbons (Fsp3) is 0.909. The Labute approximate surface area is 183 Å². The van der Waals surface area contributed by atoms with E-state index in [1.165, 1.54) is 17.7 Å². The smallest absolute Gasteiger partial charge is 0.411 e. The van der Waals surface area contributed by atoms with Crippen LogP contribution in [0.2, 0.25) is 25.7 Å². The van der Waals surface area contributed by atoms with Gasteiger partial charge in [0, 0.05) is 15.1 Å². The number of nitrogens with zero attached hydrogens (tertiary/aromatic N) is 1. The summed E-state index contributed by atoms with van der Waals surface area (Å²) in [6, 6.07) is 0.915. The summed E-state index contributed by atoms with van der Waals surface area (Å²) in [5, 5.41) is 2.86. The molecule has 7 nitrogen and oxygen atoms in total. The second-order valence-electron chi connectivity index (χ2n) is 11.2. The highest BCUT2D eigenvalue weighted by Crippen LogP contribution is 2.47. The predicted molar refractivity (Wildman–Crippen MR) is 120 cm³/mol. The molecule has 174 valence electrons. The van der Waals surface area contributed by atoms with Gasteiger partial charge in [0.25, 0.3) is 0 Å². The Kier molecular flexibility index (Phi) is 8.24. The van der Waals surface area contributed by atoms with Gasteiger partial charge in [-0.2, -0.15) is 0 Å². The summed E-state index contributed by atoms with van der Waals surface area (Å²) in [7, 11) is 0.393. The molecule has 2 amide bonds. The fourth-order valence-electron chi connectivity index (χ4n) is 3.55. The maximum Gasteiger partial charge on any atom is 0.411 e. The van der Waals surface area contributed by atoms with E-state index < -0.39 is 32.0 Å². The molecule has 8 heteroatoms. The van der Waals surface area contributed by atoms with Crippen LogP contribution in [0.4, 0.5) is 9.59 Å². The van der Waals surface area contributed by atoms with Gasteiger partial charge in [-0.3, -0.25) is 4.90 Å². The van der Waals surface area contributed by atoms with E-state index in [4.69, 9.17) is 14.2 Å². The van der Waals surface area contributed by atoms with E-state index >= 15 is 0 Å². The molecule has 2 aliphatic rings. The van der Waals surface area contributed by atoms with Gasteiger partial charge >= 0.3 is 12.2 Å². The number of hydrogen-bond acceptors (Lipinski definition) is 5. The first-order valence-electron chi connectivity index (χ1n) is 11.3. The maximum absolute atomic E-state index is 12.6. The van der Waals surface area contributed by atoms with Crippen molar-refractivity contribution in [1.29, 1.82) is 0 Å².